The highest BCUT2D eigenvalue weighted by atomic mass is 16.6. The molecular formula is C7H5N5O2. The van der Waals surface area contributed by atoms with Gasteiger partial charge in [-0.25, -0.2) is 9.97 Å². The van der Waals surface area contributed by atoms with E-state index in [1.54, 1.807) is 6.07 Å². The monoisotopic (exact) mass is 191 g/mol. The van der Waals surface area contributed by atoms with Gasteiger partial charge in [0.05, 0.1) is 17.4 Å². The first-order valence-corrected chi connectivity index (χ1v) is 3.75. The van der Waals surface area contributed by atoms with Gasteiger partial charge < -0.3 is 10.1 Å². The predicted octanol–water partition coefficient (Wildman–Crippen LogP) is 0.570. The Morgan fingerprint density at radius 2 is 2.07 bits per heavy atom. The smallest absolute Gasteiger partial charge is 0.358 e. The Morgan fingerprint density at radius 3 is 2.64 bits per heavy atom. The molecule has 14 heavy (non-hydrogen) atoms. The SMILES string of the molecule is O=[N+]([O-])c1ccn(-c2ncccn2)n1. The maximum atomic E-state index is 10.3. The summed E-state index contributed by atoms with van der Waals surface area (Å²) in [5.41, 5.74) is 0. The van der Waals surface area contributed by atoms with Crippen LogP contribution in [0, 0.1) is 10.1 Å². The fourth-order valence-electron chi connectivity index (χ4n) is 0.933. The van der Waals surface area contributed by atoms with Crippen LogP contribution in [0.3, 0.4) is 0 Å². The molecule has 0 atom stereocenters. The molecule has 0 radical (unpaired) electrons. The van der Waals surface area contributed by atoms with Gasteiger partial charge in [-0.3, -0.25) is 0 Å². The Labute approximate surface area is 78.2 Å². The summed E-state index contributed by atoms with van der Waals surface area (Å²) in [5.74, 6) is 0.0815. The van der Waals surface area contributed by atoms with Crippen LogP contribution in [0.15, 0.2) is 30.7 Å². The average molecular weight is 191 g/mol. The molecule has 0 spiro atoms. The van der Waals surface area contributed by atoms with E-state index in [2.05, 4.69) is 15.1 Å². The molecule has 7 nitrogen and oxygen atoms in total. The Balaban J connectivity index is 2.39. The van der Waals surface area contributed by atoms with Gasteiger partial charge in [0.15, 0.2) is 0 Å². The lowest BCUT2D eigenvalue weighted by atomic mass is 10.6. The van der Waals surface area contributed by atoms with Gasteiger partial charge in [0.25, 0.3) is 5.95 Å². The van der Waals surface area contributed by atoms with Crippen molar-refractivity contribution >= 4 is 5.82 Å². The Morgan fingerprint density at radius 1 is 1.36 bits per heavy atom. The molecule has 2 rings (SSSR count). The molecule has 0 saturated heterocycles. The van der Waals surface area contributed by atoms with Crippen LogP contribution in [0.25, 0.3) is 5.95 Å². The predicted molar refractivity (Wildman–Crippen MR) is 45.8 cm³/mol. The molecule has 0 N–H and O–H groups in total. The van der Waals surface area contributed by atoms with E-state index in [9.17, 15) is 10.1 Å². The van der Waals surface area contributed by atoms with Crippen molar-refractivity contribution in [2.45, 2.75) is 0 Å². The standard InChI is InChI=1S/C7H5N5O2/c13-12(14)6-2-5-11(10-6)7-8-3-1-4-9-7/h1-5H. The molecule has 2 aromatic heterocycles. The summed E-state index contributed by atoms with van der Waals surface area (Å²) in [6.45, 7) is 0. The van der Waals surface area contributed by atoms with Crippen molar-refractivity contribution in [3.63, 3.8) is 0 Å². The molecule has 2 aromatic rings. The van der Waals surface area contributed by atoms with Crippen LogP contribution in [0.1, 0.15) is 0 Å². The third kappa shape index (κ3) is 1.42. The van der Waals surface area contributed by atoms with Gasteiger partial charge in [0.2, 0.25) is 0 Å². The quantitative estimate of drug-likeness (QED) is 0.511. The second-order valence-electron chi connectivity index (χ2n) is 2.42. The minimum Gasteiger partial charge on any atom is -0.358 e. The van der Waals surface area contributed by atoms with Crippen LogP contribution in [0.4, 0.5) is 5.82 Å². The first kappa shape index (κ1) is 8.30. The first-order valence-electron chi connectivity index (χ1n) is 3.75. The fourth-order valence-corrected chi connectivity index (χ4v) is 0.933. The van der Waals surface area contributed by atoms with Gasteiger partial charge in [0, 0.05) is 12.4 Å². The number of aromatic nitrogens is 4. The summed E-state index contributed by atoms with van der Waals surface area (Å²) in [4.78, 5) is 17.5. The normalized spacial score (nSPS) is 10.0. The lowest BCUT2D eigenvalue weighted by Gasteiger charge is -1.90. The molecule has 0 aliphatic heterocycles. The van der Waals surface area contributed by atoms with E-state index in [1.165, 1.54) is 29.3 Å². The van der Waals surface area contributed by atoms with E-state index in [4.69, 9.17) is 0 Å². The summed E-state index contributed by atoms with van der Waals surface area (Å²) in [6.07, 6.45) is 4.51. The van der Waals surface area contributed by atoms with E-state index >= 15 is 0 Å². The van der Waals surface area contributed by atoms with E-state index < -0.39 is 4.92 Å². The topological polar surface area (TPSA) is 86.7 Å². The van der Waals surface area contributed by atoms with Gasteiger partial charge in [-0.15, -0.1) is 4.68 Å². The molecule has 0 unspecified atom stereocenters. The first-order chi connectivity index (χ1) is 6.77. The number of hydrogen-bond acceptors (Lipinski definition) is 5. The maximum absolute atomic E-state index is 10.3. The fraction of sp³-hybridized carbons (Fsp3) is 0. The van der Waals surface area contributed by atoms with Crippen molar-refractivity contribution in [2.75, 3.05) is 0 Å². The van der Waals surface area contributed by atoms with E-state index in [1.807, 2.05) is 0 Å². The van der Waals surface area contributed by atoms with Gasteiger partial charge in [-0.05, 0) is 11.0 Å². The molecule has 2 heterocycles. The average Bonchev–Trinajstić information content (AvgIpc) is 2.68. The van der Waals surface area contributed by atoms with Gasteiger partial charge >= 0.3 is 5.82 Å². The minimum atomic E-state index is -0.570. The van der Waals surface area contributed by atoms with Gasteiger partial charge in [0.1, 0.15) is 0 Å². The second kappa shape index (κ2) is 3.21. The van der Waals surface area contributed by atoms with Crippen LogP contribution in [-0.2, 0) is 0 Å². The Bertz CT molecular complexity index is 452. The number of nitro groups is 1. The molecular weight excluding hydrogens is 186 g/mol. The van der Waals surface area contributed by atoms with Crippen molar-refractivity contribution < 1.29 is 4.92 Å². The zero-order valence-electron chi connectivity index (χ0n) is 6.94. The molecule has 0 aliphatic rings. The minimum absolute atomic E-state index is 0.225. The summed E-state index contributed by atoms with van der Waals surface area (Å²) < 4.78 is 1.25. The molecule has 0 saturated carbocycles. The number of nitrogens with zero attached hydrogens (tertiary/aromatic N) is 5. The summed E-state index contributed by atoms with van der Waals surface area (Å²) in [6, 6.07) is 2.94. The van der Waals surface area contributed by atoms with Gasteiger partial charge in [-0.1, -0.05) is 0 Å². The highest BCUT2D eigenvalue weighted by Crippen LogP contribution is 2.07. The highest BCUT2D eigenvalue weighted by Gasteiger charge is 2.12. The number of hydrogen-bond donors (Lipinski definition) is 0. The largest absolute Gasteiger partial charge is 0.390 e. The highest BCUT2D eigenvalue weighted by molar-refractivity contribution is 5.19. The second-order valence-corrected chi connectivity index (χ2v) is 2.42. The Hall–Kier alpha value is -2.31. The van der Waals surface area contributed by atoms with Crippen molar-refractivity contribution in [1.82, 2.24) is 19.7 Å². The Kier molecular flexibility index (Phi) is 1.90. The van der Waals surface area contributed by atoms with Crippen molar-refractivity contribution in [2.24, 2.45) is 0 Å². The van der Waals surface area contributed by atoms with Crippen LogP contribution < -0.4 is 0 Å². The van der Waals surface area contributed by atoms with Crippen LogP contribution >= 0.6 is 0 Å². The van der Waals surface area contributed by atoms with E-state index in [0.29, 0.717) is 5.95 Å². The molecule has 0 fully saturated rings. The van der Waals surface area contributed by atoms with Crippen LogP contribution in [0.2, 0.25) is 0 Å². The summed E-state index contributed by atoms with van der Waals surface area (Å²) in [5, 5.41) is 14.0. The van der Waals surface area contributed by atoms with E-state index in [-0.39, 0.29) is 5.82 Å². The zero-order chi connectivity index (χ0) is 9.97. The van der Waals surface area contributed by atoms with Gasteiger partial charge in [-0.2, -0.15) is 0 Å². The third-order valence-corrected chi connectivity index (χ3v) is 1.52. The number of rotatable bonds is 2. The molecule has 0 aliphatic carbocycles. The molecule has 0 aromatic carbocycles. The molecule has 7 heteroatoms. The van der Waals surface area contributed by atoms with Crippen molar-refractivity contribution in [3.8, 4) is 5.95 Å². The van der Waals surface area contributed by atoms with Crippen molar-refractivity contribution in [3.05, 3.63) is 40.8 Å². The maximum Gasteiger partial charge on any atom is 0.390 e. The summed E-state index contributed by atoms with van der Waals surface area (Å²) in [7, 11) is 0. The van der Waals surface area contributed by atoms with Crippen LogP contribution in [-0.4, -0.2) is 24.7 Å². The summed E-state index contributed by atoms with van der Waals surface area (Å²) >= 11 is 0. The van der Waals surface area contributed by atoms with E-state index in [0.717, 1.165) is 0 Å². The lowest BCUT2D eigenvalue weighted by molar-refractivity contribution is -0.389. The zero-order valence-corrected chi connectivity index (χ0v) is 6.94. The van der Waals surface area contributed by atoms with Crippen molar-refractivity contribution in [1.29, 1.82) is 0 Å². The molecule has 0 bridgehead atoms. The molecule has 0 amide bonds. The lowest BCUT2D eigenvalue weighted by Crippen LogP contribution is -2.01. The third-order valence-electron chi connectivity index (χ3n) is 1.52. The van der Waals surface area contributed by atoms with Crippen LogP contribution in [0.5, 0.6) is 0 Å². The molecule has 70 valence electrons.